The minimum Gasteiger partial charge on any atom is -0.378 e. The molecule has 0 aliphatic carbocycles. The van der Waals surface area contributed by atoms with Crippen molar-refractivity contribution in [3.8, 4) is 6.07 Å². The largest absolute Gasteiger partial charge is 0.378 e. The van der Waals surface area contributed by atoms with Crippen molar-refractivity contribution in [1.29, 1.82) is 5.26 Å². The molecule has 1 aromatic carbocycles. The van der Waals surface area contributed by atoms with E-state index in [1.807, 2.05) is 18.2 Å². The highest BCUT2D eigenvalue weighted by Gasteiger charge is 2.17. The molecule has 0 saturated carbocycles. The van der Waals surface area contributed by atoms with Gasteiger partial charge in [-0.05, 0) is 37.5 Å². The molecule has 0 spiro atoms. The van der Waals surface area contributed by atoms with Crippen LogP contribution < -0.4 is 5.32 Å². The summed E-state index contributed by atoms with van der Waals surface area (Å²) in [6, 6.07) is 10.9. The molecule has 0 aromatic heterocycles. The summed E-state index contributed by atoms with van der Waals surface area (Å²) in [7, 11) is 0. The molecule has 3 nitrogen and oxygen atoms in total. The van der Waals surface area contributed by atoms with Crippen molar-refractivity contribution < 1.29 is 4.74 Å². The number of nitrogens with one attached hydrogen (secondary N) is 1. The van der Waals surface area contributed by atoms with Crippen LogP contribution in [0.25, 0.3) is 0 Å². The lowest BCUT2D eigenvalue weighted by Crippen LogP contribution is -2.47. The number of benzene rings is 1. The zero-order valence-electron chi connectivity index (χ0n) is 10.1. The van der Waals surface area contributed by atoms with E-state index in [2.05, 4.69) is 24.4 Å². The van der Waals surface area contributed by atoms with E-state index >= 15 is 0 Å². The maximum absolute atomic E-state index is 8.83. The van der Waals surface area contributed by atoms with E-state index in [-0.39, 0.29) is 0 Å². The standard InChI is InChI=1S/C14H18N2O/c1-11-9-17-10-14(16-11)6-5-12-3-2-4-13(7-12)8-15/h2-4,7,11,14,16H,5-6,9-10H2,1H3. The van der Waals surface area contributed by atoms with Crippen molar-refractivity contribution in [2.45, 2.75) is 31.8 Å². The summed E-state index contributed by atoms with van der Waals surface area (Å²) >= 11 is 0. The first-order valence-electron chi connectivity index (χ1n) is 6.11. The Morgan fingerprint density at radius 2 is 2.35 bits per heavy atom. The van der Waals surface area contributed by atoms with Crippen LogP contribution in [0.15, 0.2) is 24.3 Å². The summed E-state index contributed by atoms with van der Waals surface area (Å²) < 4.78 is 5.51. The molecule has 1 fully saturated rings. The fourth-order valence-electron chi connectivity index (χ4n) is 2.19. The quantitative estimate of drug-likeness (QED) is 0.862. The summed E-state index contributed by atoms with van der Waals surface area (Å²) in [4.78, 5) is 0. The Labute approximate surface area is 102 Å². The topological polar surface area (TPSA) is 45.0 Å². The molecule has 17 heavy (non-hydrogen) atoms. The zero-order chi connectivity index (χ0) is 12.1. The lowest BCUT2D eigenvalue weighted by Gasteiger charge is -2.29. The Morgan fingerprint density at radius 3 is 3.12 bits per heavy atom. The van der Waals surface area contributed by atoms with Gasteiger partial charge in [0.25, 0.3) is 0 Å². The van der Waals surface area contributed by atoms with Crippen LogP contribution in [-0.4, -0.2) is 25.3 Å². The Morgan fingerprint density at radius 1 is 1.47 bits per heavy atom. The van der Waals surface area contributed by atoms with Gasteiger partial charge in [-0.2, -0.15) is 5.26 Å². The van der Waals surface area contributed by atoms with E-state index < -0.39 is 0 Å². The molecule has 3 heteroatoms. The maximum atomic E-state index is 8.83. The number of hydrogen-bond acceptors (Lipinski definition) is 3. The van der Waals surface area contributed by atoms with Gasteiger partial charge in [0.15, 0.2) is 0 Å². The number of morpholine rings is 1. The molecule has 2 unspecified atom stereocenters. The Hall–Kier alpha value is -1.37. The molecule has 1 aliphatic rings. The number of rotatable bonds is 3. The number of hydrogen-bond donors (Lipinski definition) is 1. The molecule has 0 bridgehead atoms. The molecule has 0 amide bonds. The van der Waals surface area contributed by atoms with Gasteiger partial charge in [-0.3, -0.25) is 0 Å². The number of nitriles is 1. The lowest BCUT2D eigenvalue weighted by atomic mass is 10.0. The van der Waals surface area contributed by atoms with Crippen LogP contribution >= 0.6 is 0 Å². The van der Waals surface area contributed by atoms with E-state index in [1.54, 1.807) is 0 Å². The van der Waals surface area contributed by atoms with E-state index in [9.17, 15) is 0 Å². The van der Waals surface area contributed by atoms with Crippen molar-refractivity contribution in [3.63, 3.8) is 0 Å². The van der Waals surface area contributed by atoms with E-state index in [0.29, 0.717) is 12.1 Å². The molecular weight excluding hydrogens is 212 g/mol. The average Bonchev–Trinajstić information content (AvgIpc) is 2.37. The highest BCUT2D eigenvalue weighted by molar-refractivity contribution is 5.32. The van der Waals surface area contributed by atoms with E-state index in [4.69, 9.17) is 10.00 Å². The van der Waals surface area contributed by atoms with Gasteiger partial charge >= 0.3 is 0 Å². The third kappa shape index (κ3) is 3.55. The Kier molecular flexibility index (Phi) is 4.13. The number of aryl methyl sites for hydroxylation is 1. The third-order valence-corrected chi connectivity index (χ3v) is 3.04. The van der Waals surface area contributed by atoms with Gasteiger partial charge in [0.2, 0.25) is 0 Å². The second-order valence-corrected chi connectivity index (χ2v) is 4.65. The summed E-state index contributed by atoms with van der Waals surface area (Å²) in [6.07, 6.45) is 2.04. The summed E-state index contributed by atoms with van der Waals surface area (Å²) in [5, 5.41) is 12.4. The molecule has 90 valence electrons. The first-order valence-corrected chi connectivity index (χ1v) is 6.11. The summed E-state index contributed by atoms with van der Waals surface area (Å²) in [5.41, 5.74) is 1.97. The molecule has 1 aliphatic heterocycles. The van der Waals surface area contributed by atoms with Crippen LogP contribution in [0.1, 0.15) is 24.5 Å². The fraction of sp³-hybridized carbons (Fsp3) is 0.500. The zero-order valence-corrected chi connectivity index (χ0v) is 10.1. The lowest BCUT2D eigenvalue weighted by molar-refractivity contribution is 0.0483. The van der Waals surface area contributed by atoms with Crippen LogP contribution in [0.2, 0.25) is 0 Å². The predicted octanol–water partition coefficient (Wildman–Crippen LogP) is 1.87. The second-order valence-electron chi connectivity index (χ2n) is 4.65. The Balaban J connectivity index is 1.87. The van der Waals surface area contributed by atoms with E-state index in [1.165, 1.54) is 5.56 Å². The fourth-order valence-corrected chi connectivity index (χ4v) is 2.19. The molecular formula is C14H18N2O. The first-order chi connectivity index (χ1) is 8.28. The van der Waals surface area contributed by atoms with Crippen LogP contribution in [-0.2, 0) is 11.2 Å². The van der Waals surface area contributed by atoms with Gasteiger partial charge in [0.05, 0.1) is 24.8 Å². The molecule has 0 radical (unpaired) electrons. The average molecular weight is 230 g/mol. The van der Waals surface area contributed by atoms with Gasteiger partial charge < -0.3 is 10.1 Å². The van der Waals surface area contributed by atoms with Crippen LogP contribution in [0.4, 0.5) is 0 Å². The minimum absolute atomic E-state index is 0.435. The molecule has 1 heterocycles. The predicted molar refractivity (Wildman–Crippen MR) is 66.7 cm³/mol. The molecule has 1 saturated heterocycles. The normalized spacial score (nSPS) is 24.2. The van der Waals surface area contributed by atoms with E-state index in [0.717, 1.165) is 31.6 Å². The van der Waals surface area contributed by atoms with Crippen LogP contribution in [0.5, 0.6) is 0 Å². The minimum atomic E-state index is 0.435. The Bertz CT molecular complexity index is 411. The van der Waals surface area contributed by atoms with Crippen molar-refractivity contribution in [3.05, 3.63) is 35.4 Å². The van der Waals surface area contributed by atoms with Crippen molar-refractivity contribution in [2.24, 2.45) is 0 Å². The second kappa shape index (κ2) is 5.81. The van der Waals surface area contributed by atoms with Crippen molar-refractivity contribution in [2.75, 3.05) is 13.2 Å². The van der Waals surface area contributed by atoms with Crippen LogP contribution in [0, 0.1) is 11.3 Å². The number of nitrogens with zero attached hydrogens (tertiary/aromatic N) is 1. The number of ether oxygens (including phenoxy) is 1. The first kappa shape index (κ1) is 12.1. The van der Waals surface area contributed by atoms with Gasteiger partial charge in [-0.25, -0.2) is 0 Å². The maximum Gasteiger partial charge on any atom is 0.0991 e. The molecule has 2 atom stereocenters. The van der Waals surface area contributed by atoms with Crippen LogP contribution in [0.3, 0.4) is 0 Å². The van der Waals surface area contributed by atoms with Gasteiger partial charge in [0, 0.05) is 12.1 Å². The molecule has 1 N–H and O–H groups in total. The summed E-state index contributed by atoms with van der Waals surface area (Å²) in [5.74, 6) is 0. The van der Waals surface area contributed by atoms with Crippen molar-refractivity contribution >= 4 is 0 Å². The van der Waals surface area contributed by atoms with Gasteiger partial charge in [0.1, 0.15) is 0 Å². The molecule has 1 aromatic rings. The van der Waals surface area contributed by atoms with Gasteiger partial charge in [-0.1, -0.05) is 12.1 Å². The van der Waals surface area contributed by atoms with Crippen molar-refractivity contribution in [1.82, 2.24) is 5.32 Å². The van der Waals surface area contributed by atoms with Gasteiger partial charge in [-0.15, -0.1) is 0 Å². The third-order valence-electron chi connectivity index (χ3n) is 3.04. The highest BCUT2D eigenvalue weighted by atomic mass is 16.5. The highest BCUT2D eigenvalue weighted by Crippen LogP contribution is 2.10. The monoisotopic (exact) mass is 230 g/mol. The smallest absolute Gasteiger partial charge is 0.0991 e. The SMILES string of the molecule is CC1COCC(CCc2cccc(C#N)c2)N1. The summed E-state index contributed by atoms with van der Waals surface area (Å²) in [6.45, 7) is 3.74. The molecule has 2 rings (SSSR count).